The second-order valence-corrected chi connectivity index (χ2v) is 12.3. The molecule has 0 unspecified atom stereocenters. The third-order valence-electron chi connectivity index (χ3n) is 5.82. The van der Waals surface area contributed by atoms with E-state index in [0.29, 0.717) is 0 Å². The van der Waals surface area contributed by atoms with Gasteiger partial charge in [0.25, 0.3) is 0 Å². The van der Waals surface area contributed by atoms with Gasteiger partial charge >= 0.3 is 200 Å². The first kappa shape index (κ1) is 27.3. The van der Waals surface area contributed by atoms with E-state index in [9.17, 15) is 29.9 Å². The fourth-order valence-corrected chi connectivity index (χ4v) is 8.24. The molecular formula is C19H32N7O8P. The molecule has 0 radical (unpaired) electrons. The van der Waals surface area contributed by atoms with Crippen LogP contribution in [0, 0.1) is 11.3 Å². The zero-order valence-corrected chi connectivity index (χ0v) is 20.7. The summed E-state index contributed by atoms with van der Waals surface area (Å²) in [7, 11) is -5.56. The molecule has 3 heterocycles. The van der Waals surface area contributed by atoms with Gasteiger partial charge in [-0.25, -0.2) is 0 Å². The van der Waals surface area contributed by atoms with Gasteiger partial charge in [0.1, 0.15) is 0 Å². The fraction of sp³-hybridized carbons (Fsp3) is 0.684. The van der Waals surface area contributed by atoms with Gasteiger partial charge in [0.15, 0.2) is 0 Å². The Morgan fingerprint density at radius 1 is 1.40 bits per heavy atom. The second-order valence-electron chi connectivity index (χ2n) is 9.03. The predicted molar refractivity (Wildman–Crippen MR) is 124 cm³/mol. The maximum absolute atomic E-state index is 12.1. The molecule has 196 valence electrons. The Morgan fingerprint density at radius 2 is 2.03 bits per heavy atom. The number of hydrogen-bond acceptors (Lipinski definition) is 13. The van der Waals surface area contributed by atoms with E-state index < -0.39 is 62.1 Å². The van der Waals surface area contributed by atoms with Crippen molar-refractivity contribution in [3.05, 3.63) is 16.7 Å². The monoisotopic (exact) mass is 517 g/mol. The van der Waals surface area contributed by atoms with Crippen molar-refractivity contribution in [2.24, 2.45) is 0 Å². The number of nitriles is 1. The summed E-state index contributed by atoms with van der Waals surface area (Å²) >= 11 is 0. The second kappa shape index (κ2) is 9.32. The van der Waals surface area contributed by atoms with Crippen LogP contribution in [0.15, 0.2) is 11.1 Å². The molecule has 1 fully saturated rings. The van der Waals surface area contributed by atoms with Gasteiger partial charge in [-0.05, 0) is 0 Å². The van der Waals surface area contributed by atoms with Crippen molar-refractivity contribution in [3.8, 4) is 6.07 Å². The predicted octanol–water partition coefficient (Wildman–Crippen LogP) is -1.11. The quantitative estimate of drug-likeness (QED) is 0.154. The topological polar surface area (TPSA) is 236 Å². The molecule has 0 aliphatic carbocycles. The molecule has 15 nitrogen and oxygen atoms in total. The number of nitrogens with zero attached hydrogens (tertiary/aromatic N) is 5. The minimum atomic E-state index is -5.56. The van der Waals surface area contributed by atoms with E-state index in [4.69, 9.17) is 20.3 Å². The van der Waals surface area contributed by atoms with Crippen LogP contribution >= 0.6 is 7.43 Å². The number of aromatic nitrogens is 4. The van der Waals surface area contributed by atoms with E-state index in [2.05, 4.69) is 15.0 Å². The number of ether oxygens (including phenoxy) is 1. The molecule has 0 aromatic carbocycles. The first-order valence-electron chi connectivity index (χ1n) is 11.0. The third-order valence-corrected chi connectivity index (χ3v) is 9.34. The molecule has 1 aliphatic heterocycles. The van der Waals surface area contributed by atoms with E-state index in [1.165, 1.54) is 4.67 Å². The van der Waals surface area contributed by atoms with Crippen LogP contribution < -0.4 is 11.3 Å². The van der Waals surface area contributed by atoms with Crippen molar-refractivity contribution in [1.82, 2.24) is 24.2 Å². The van der Waals surface area contributed by atoms with Gasteiger partial charge in [-0.3, -0.25) is 0 Å². The fourth-order valence-electron chi connectivity index (χ4n) is 4.65. The summed E-state index contributed by atoms with van der Waals surface area (Å²) in [5.41, 5.74) is 4.74. The third kappa shape index (κ3) is 4.65. The Bertz CT molecular complexity index is 1170. The van der Waals surface area contributed by atoms with Crippen LogP contribution in [-0.2, 0) is 9.26 Å². The summed E-state index contributed by atoms with van der Waals surface area (Å²) in [6.45, 7) is 5.81. The number of nitrogen functional groups attached to an aromatic ring is 1. The number of nitrogens with one attached hydrogen (secondary N) is 1. The zero-order chi connectivity index (χ0) is 26.4. The summed E-state index contributed by atoms with van der Waals surface area (Å²) in [6, 6.07) is 0.813. The van der Waals surface area contributed by atoms with E-state index in [0.717, 1.165) is 10.9 Å². The first-order valence-corrected chi connectivity index (χ1v) is 13.2. The molecular weight excluding hydrogens is 485 g/mol. The molecule has 1 saturated heterocycles. The molecule has 0 amide bonds. The molecule has 4 atom stereocenters. The Balaban J connectivity index is 2.11. The van der Waals surface area contributed by atoms with Crippen molar-refractivity contribution in [2.45, 2.75) is 70.4 Å². The van der Waals surface area contributed by atoms with Crippen LogP contribution in [0.1, 0.15) is 40.3 Å². The number of aromatic amines is 1. The molecule has 2 aromatic rings. The molecule has 3 rings (SSSR count). The molecule has 2 aromatic heterocycles. The van der Waals surface area contributed by atoms with Crippen LogP contribution in [0.5, 0.6) is 0 Å². The Labute approximate surface area is 200 Å². The Morgan fingerprint density at radius 3 is 2.57 bits per heavy atom. The SMILES string of the molecule is CC(C)N(C(C)C)P(O)(O)(CCC#N)O[C@@]1(O)[C@@H](CO)O[C@@H](n2cnc3c(=O)[nH]c(N)nc32)[C@@H]1O. The first-order chi connectivity index (χ1) is 16.2. The number of H-pyrrole nitrogens is 1. The summed E-state index contributed by atoms with van der Waals surface area (Å²) in [4.78, 5) is 45.7. The number of hydrogen-bond donors (Lipinski definition) is 7. The van der Waals surface area contributed by atoms with Crippen LogP contribution in [0.2, 0.25) is 0 Å². The van der Waals surface area contributed by atoms with Gasteiger partial charge in [0.05, 0.1) is 0 Å². The van der Waals surface area contributed by atoms with Gasteiger partial charge in [-0.2, -0.15) is 0 Å². The van der Waals surface area contributed by atoms with Crippen LogP contribution in [-0.4, -0.2) is 92.1 Å². The van der Waals surface area contributed by atoms with Crippen LogP contribution in [0.3, 0.4) is 0 Å². The summed E-state index contributed by atoms with van der Waals surface area (Å²) in [6.07, 6.45) is -5.00. The molecule has 1 aliphatic rings. The van der Waals surface area contributed by atoms with E-state index in [1.54, 1.807) is 27.7 Å². The zero-order valence-electron chi connectivity index (χ0n) is 19.8. The van der Waals surface area contributed by atoms with Crippen molar-refractivity contribution in [3.63, 3.8) is 0 Å². The standard InChI is InChI=1S/C19H32N7O8P/c1-10(2)26(11(3)4)35(31,32,7-5-6-20)34-19(30)12(8-27)33-17(14(19)28)25-9-22-13-15(25)23-18(21)24-16(13)29/h9-12,14,17,27-28,30-32H,5,7-8H2,1-4H3,(H3,21,23,24,29)/t12-,14+,17-,19+/m1/s1. The van der Waals surface area contributed by atoms with Gasteiger partial charge in [0, 0.05) is 0 Å². The van der Waals surface area contributed by atoms with Gasteiger partial charge in [0.2, 0.25) is 0 Å². The van der Waals surface area contributed by atoms with E-state index >= 15 is 0 Å². The number of nitrogens with two attached hydrogens (primary N) is 1. The van der Waals surface area contributed by atoms with Crippen LogP contribution in [0.4, 0.5) is 5.95 Å². The van der Waals surface area contributed by atoms with Crippen molar-refractivity contribution < 1.29 is 34.4 Å². The normalized spacial score (nSPS) is 26.5. The van der Waals surface area contributed by atoms with Gasteiger partial charge < -0.3 is 0 Å². The molecule has 8 N–H and O–H groups in total. The number of imidazole rings is 1. The average molecular weight is 517 g/mol. The molecule has 35 heavy (non-hydrogen) atoms. The molecule has 0 spiro atoms. The number of fused-ring (bicyclic) bond motifs is 1. The number of anilines is 1. The number of aliphatic hydroxyl groups is 3. The molecule has 16 heteroatoms. The maximum atomic E-state index is 12.1. The van der Waals surface area contributed by atoms with Crippen LogP contribution in [0.25, 0.3) is 11.2 Å². The summed E-state index contributed by atoms with van der Waals surface area (Å²) < 4.78 is 13.6. The number of rotatable bonds is 9. The Kier molecular flexibility index (Phi) is 7.28. The van der Waals surface area contributed by atoms with Crippen molar-refractivity contribution in [2.75, 3.05) is 18.5 Å². The Hall–Kier alpha value is -2.25. The average Bonchev–Trinajstić information content (AvgIpc) is 3.24. The summed E-state index contributed by atoms with van der Waals surface area (Å²) in [5.74, 6) is -3.08. The number of aliphatic hydroxyl groups excluding tert-OH is 2. The van der Waals surface area contributed by atoms with Gasteiger partial charge in [-0.15, -0.1) is 0 Å². The molecule has 0 bridgehead atoms. The minimum absolute atomic E-state index is 0.0859. The van der Waals surface area contributed by atoms with E-state index in [-0.39, 0.29) is 23.5 Å². The van der Waals surface area contributed by atoms with E-state index in [1.807, 2.05) is 6.07 Å². The van der Waals surface area contributed by atoms with Gasteiger partial charge in [-0.1, -0.05) is 0 Å². The summed E-state index contributed by atoms with van der Waals surface area (Å²) in [5, 5.41) is 41.7. The van der Waals surface area contributed by atoms with Crippen molar-refractivity contribution in [1.29, 1.82) is 5.26 Å². The van der Waals surface area contributed by atoms with Crippen molar-refractivity contribution >= 4 is 24.5 Å². The molecule has 0 saturated carbocycles.